The first-order chi connectivity index (χ1) is 16.6. The maximum atomic E-state index is 12.2. The summed E-state index contributed by atoms with van der Waals surface area (Å²) < 4.78 is 23.4. The number of phosphoric acid groups is 1. The summed E-state index contributed by atoms with van der Waals surface area (Å²) in [6.45, 7) is 5.14. The van der Waals surface area contributed by atoms with Crippen LogP contribution in [0.2, 0.25) is 0 Å². The number of carbonyl (C=O) groups is 1. The van der Waals surface area contributed by atoms with Crippen LogP contribution in [-0.4, -0.2) is 56.1 Å². The number of phosphoric ester groups is 1. The molecule has 0 bridgehead atoms. The summed E-state index contributed by atoms with van der Waals surface area (Å²) in [6, 6.07) is 0. The van der Waals surface area contributed by atoms with Gasteiger partial charge in [0.2, 0.25) is 0 Å². The molecule has 0 radical (unpaired) electrons. The highest BCUT2D eigenvalue weighted by molar-refractivity contribution is 7.47. The van der Waals surface area contributed by atoms with E-state index in [0.717, 1.165) is 43.1 Å². The molecule has 7 heteroatoms. The van der Waals surface area contributed by atoms with Crippen molar-refractivity contribution in [2.75, 3.05) is 40.9 Å². The summed E-state index contributed by atoms with van der Waals surface area (Å²) in [4.78, 5) is 21.6. The summed E-state index contributed by atoms with van der Waals surface area (Å²) in [6.07, 6.45) is 21.3. The molecule has 1 N–H and O–H groups in total. The Hall–Kier alpha value is -0.260. The van der Waals surface area contributed by atoms with Crippen LogP contribution < -0.4 is 0 Å². The molecule has 6 nitrogen and oxygen atoms in total. The average Bonchev–Trinajstić information content (AvgIpc) is 2.76. The SMILES string of the molecule is CCCCCCCCCCCCCCCCC(COP(=O)(O)OCCCC[N+](C)(C)C)CC(C)=O. The van der Waals surface area contributed by atoms with Gasteiger partial charge in [-0.05, 0) is 32.1 Å². The van der Waals surface area contributed by atoms with E-state index in [1.807, 2.05) is 0 Å². The molecule has 0 fully saturated rings. The van der Waals surface area contributed by atoms with Gasteiger partial charge >= 0.3 is 7.82 Å². The molecule has 0 amide bonds. The summed E-state index contributed by atoms with van der Waals surface area (Å²) in [7, 11) is 2.30. The maximum Gasteiger partial charge on any atom is 0.472 e. The van der Waals surface area contributed by atoms with Crippen molar-refractivity contribution in [3.05, 3.63) is 0 Å². The Kier molecular flexibility index (Phi) is 21.6. The first-order valence-electron chi connectivity index (χ1n) is 14.5. The van der Waals surface area contributed by atoms with Crippen molar-refractivity contribution in [1.29, 1.82) is 0 Å². The Balaban J connectivity index is 3.86. The zero-order valence-electron chi connectivity index (χ0n) is 23.9. The molecule has 0 spiro atoms. The standard InChI is InChI=1S/C28H58NO5P/c1-6-7-8-9-10-11-12-13-14-15-16-17-18-19-22-28(25-27(2)30)26-34-35(31,32)33-24-21-20-23-29(3,4)5/h28H,6-26H2,1-5H3/p+1. The highest BCUT2D eigenvalue weighted by Crippen LogP contribution is 2.44. The van der Waals surface area contributed by atoms with E-state index in [0.29, 0.717) is 6.42 Å². The van der Waals surface area contributed by atoms with Crippen molar-refractivity contribution in [2.45, 2.75) is 129 Å². The lowest BCUT2D eigenvalue weighted by atomic mass is 9.96. The summed E-state index contributed by atoms with van der Waals surface area (Å²) in [5.74, 6) is 0.0741. The van der Waals surface area contributed by atoms with E-state index in [1.54, 1.807) is 6.92 Å². The van der Waals surface area contributed by atoms with Gasteiger partial charge < -0.3 is 14.2 Å². The monoisotopic (exact) mass is 520 g/mol. The highest BCUT2D eigenvalue weighted by Gasteiger charge is 2.24. The zero-order valence-corrected chi connectivity index (χ0v) is 24.8. The normalized spacial score (nSPS) is 14.7. The van der Waals surface area contributed by atoms with E-state index >= 15 is 0 Å². The van der Waals surface area contributed by atoms with Crippen molar-refractivity contribution in [2.24, 2.45) is 5.92 Å². The Morgan fingerprint density at radius 1 is 0.771 bits per heavy atom. The summed E-state index contributed by atoms with van der Waals surface area (Å²) in [5, 5.41) is 0. The fourth-order valence-electron chi connectivity index (χ4n) is 4.38. The van der Waals surface area contributed by atoms with Gasteiger partial charge in [0.05, 0.1) is 40.9 Å². The van der Waals surface area contributed by atoms with Crippen molar-refractivity contribution in [1.82, 2.24) is 0 Å². The van der Waals surface area contributed by atoms with Crippen LogP contribution in [0.15, 0.2) is 0 Å². The Morgan fingerprint density at radius 3 is 1.71 bits per heavy atom. The van der Waals surface area contributed by atoms with Gasteiger partial charge in [0.15, 0.2) is 0 Å². The lowest BCUT2D eigenvalue weighted by Crippen LogP contribution is -2.35. The number of nitrogens with zero attached hydrogens (tertiary/aromatic N) is 1. The lowest BCUT2D eigenvalue weighted by Gasteiger charge is -2.23. The second-order valence-electron chi connectivity index (χ2n) is 11.5. The van der Waals surface area contributed by atoms with Crippen molar-refractivity contribution in [3.8, 4) is 0 Å². The van der Waals surface area contributed by atoms with Gasteiger partial charge in [-0.1, -0.05) is 96.8 Å². The third-order valence-electron chi connectivity index (χ3n) is 6.49. The van der Waals surface area contributed by atoms with Crippen LogP contribution in [0.4, 0.5) is 0 Å². The summed E-state index contributed by atoms with van der Waals surface area (Å²) in [5.41, 5.74) is 0. The molecular weight excluding hydrogens is 461 g/mol. The van der Waals surface area contributed by atoms with Crippen LogP contribution in [0.3, 0.4) is 0 Å². The second kappa shape index (κ2) is 21.8. The van der Waals surface area contributed by atoms with Gasteiger partial charge in [0.25, 0.3) is 0 Å². The summed E-state index contributed by atoms with van der Waals surface area (Å²) >= 11 is 0. The van der Waals surface area contributed by atoms with Crippen LogP contribution >= 0.6 is 7.82 Å². The number of rotatable bonds is 26. The Morgan fingerprint density at radius 2 is 1.26 bits per heavy atom. The van der Waals surface area contributed by atoms with Crippen molar-refractivity contribution in [3.63, 3.8) is 0 Å². The molecule has 2 unspecified atom stereocenters. The number of unbranched alkanes of at least 4 members (excludes halogenated alkanes) is 14. The first kappa shape index (κ1) is 34.7. The predicted octanol–water partition coefficient (Wildman–Crippen LogP) is 8.07. The maximum absolute atomic E-state index is 12.2. The second-order valence-corrected chi connectivity index (χ2v) is 12.9. The van der Waals surface area contributed by atoms with Crippen LogP contribution in [0.5, 0.6) is 0 Å². The van der Waals surface area contributed by atoms with E-state index < -0.39 is 7.82 Å². The zero-order chi connectivity index (χ0) is 26.4. The molecule has 210 valence electrons. The third-order valence-corrected chi connectivity index (χ3v) is 7.48. The van der Waals surface area contributed by atoms with E-state index in [9.17, 15) is 14.3 Å². The number of Topliss-reactive ketones (excluding diaryl/α,β-unsaturated/α-hetero) is 1. The van der Waals surface area contributed by atoms with Gasteiger partial charge in [0.1, 0.15) is 5.78 Å². The topological polar surface area (TPSA) is 72.8 Å². The number of quaternary nitrogens is 1. The van der Waals surface area contributed by atoms with Gasteiger partial charge in [-0.2, -0.15) is 0 Å². The van der Waals surface area contributed by atoms with Crippen LogP contribution in [-0.2, 0) is 18.4 Å². The highest BCUT2D eigenvalue weighted by atomic mass is 31.2. The Bertz CT molecular complexity index is 550. The van der Waals surface area contributed by atoms with E-state index in [1.165, 1.54) is 77.0 Å². The minimum atomic E-state index is -4.06. The van der Waals surface area contributed by atoms with Crippen LogP contribution in [0.1, 0.15) is 129 Å². The molecule has 2 atom stereocenters. The molecule has 0 saturated heterocycles. The molecule has 0 aliphatic rings. The fourth-order valence-corrected chi connectivity index (χ4v) is 5.22. The van der Waals surface area contributed by atoms with E-state index in [2.05, 4.69) is 28.1 Å². The molecule has 0 aromatic carbocycles. The quantitative estimate of drug-likeness (QED) is 0.0709. The smallest absolute Gasteiger partial charge is 0.331 e. The molecular formula is C28H59NO5P+. The number of hydrogen-bond donors (Lipinski definition) is 1. The Labute approximate surface area is 217 Å². The first-order valence-corrected chi connectivity index (χ1v) is 16.0. The molecule has 0 rings (SSSR count). The van der Waals surface area contributed by atoms with Gasteiger partial charge in [-0.25, -0.2) is 4.57 Å². The van der Waals surface area contributed by atoms with Gasteiger partial charge in [-0.15, -0.1) is 0 Å². The van der Waals surface area contributed by atoms with E-state index in [4.69, 9.17) is 9.05 Å². The molecule has 0 aromatic rings. The minimum Gasteiger partial charge on any atom is -0.331 e. The third kappa shape index (κ3) is 26.6. The molecule has 0 aromatic heterocycles. The molecule has 35 heavy (non-hydrogen) atoms. The molecule has 0 aliphatic heterocycles. The number of hydrogen-bond acceptors (Lipinski definition) is 4. The van der Waals surface area contributed by atoms with Crippen LogP contribution in [0, 0.1) is 5.92 Å². The predicted molar refractivity (Wildman–Crippen MR) is 148 cm³/mol. The lowest BCUT2D eigenvalue weighted by molar-refractivity contribution is -0.870. The number of carbonyl (C=O) groups excluding carboxylic acids is 1. The van der Waals surface area contributed by atoms with Crippen molar-refractivity contribution < 1.29 is 27.8 Å². The molecule has 0 aliphatic carbocycles. The van der Waals surface area contributed by atoms with Crippen molar-refractivity contribution >= 4 is 13.6 Å². The van der Waals surface area contributed by atoms with Gasteiger partial charge in [0, 0.05) is 6.42 Å². The van der Waals surface area contributed by atoms with Gasteiger partial charge in [-0.3, -0.25) is 9.05 Å². The molecule has 0 heterocycles. The number of ketones is 1. The van der Waals surface area contributed by atoms with E-state index in [-0.39, 0.29) is 24.9 Å². The molecule has 0 saturated carbocycles. The largest absolute Gasteiger partial charge is 0.472 e. The fraction of sp³-hybridized carbons (Fsp3) is 0.964. The van der Waals surface area contributed by atoms with Crippen LogP contribution in [0.25, 0.3) is 0 Å². The average molecular weight is 521 g/mol. The minimum absolute atomic E-state index is 0.0212.